The second-order valence-electron chi connectivity index (χ2n) is 4.87. The largest absolute Gasteiger partial charge is 0.351 e. The molecule has 0 bridgehead atoms. The molecule has 0 fully saturated rings. The summed E-state index contributed by atoms with van der Waals surface area (Å²) in [6.45, 7) is 7.23. The Balaban J connectivity index is 2.72. The van der Waals surface area contributed by atoms with E-state index in [1.165, 1.54) is 0 Å². The fourth-order valence-electron chi connectivity index (χ4n) is 1.43. The number of nitrogens with one attached hydrogen (secondary N) is 1. The Morgan fingerprint density at radius 1 is 1.38 bits per heavy atom. The second kappa shape index (κ2) is 5.77. The van der Waals surface area contributed by atoms with E-state index in [2.05, 4.69) is 58.6 Å². The van der Waals surface area contributed by atoms with Gasteiger partial charge in [-0.15, -0.1) is 0 Å². The Labute approximate surface area is 111 Å². The minimum absolute atomic E-state index is 0.145. The van der Waals surface area contributed by atoms with Crippen molar-refractivity contribution < 1.29 is 0 Å². The lowest BCUT2D eigenvalue weighted by Gasteiger charge is -2.31. The van der Waals surface area contributed by atoms with Gasteiger partial charge in [-0.25, -0.2) is 9.97 Å². The molecule has 4 nitrogen and oxygen atoms in total. The van der Waals surface area contributed by atoms with Crippen molar-refractivity contribution in [1.29, 1.82) is 0 Å². The first kappa shape index (κ1) is 13.6. The van der Waals surface area contributed by atoms with E-state index in [4.69, 9.17) is 5.73 Å². The van der Waals surface area contributed by atoms with Crippen molar-refractivity contribution in [2.75, 3.05) is 11.9 Å². The highest BCUT2D eigenvalue weighted by atomic mass is 127. The summed E-state index contributed by atoms with van der Waals surface area (Å²) in [5.41, 5.74) is 5.77. The van der Waals surface area contributed by atoms with Gasteiger partial charge >= 0.3 is 0 Å². The average molecular weight is 334 g/mol. The molecule has 0 saturated heterocycles. The Morgan fingerprint density at radius 2 is 1.94 bits per heavy atom. The van der Waals surface area contributed by atoms with E-state index < -0.39 is 0 Å². The lowest BCUT2D eigenvalue weighted by molar-refractivity contribution is 0.327. The third kappa shape index (κ3) is 4.21. The number of hydrogen-bond donors (Lipinski definition) is 2. The van der Waals surface area contributed by atoms with Crippen LogP contribution in [0.1, 0.15) is 27.2 Å². The van der Waals surface area contributed by atoms with E-state index in [1.54, 1.807) is 12.4 Å². The Bertz CT molecular complexity index is 318. The number of nitrogens with two attached hydrogens (primary N) is 1. The quantitative estimate of drug-likeness (QED) is 0.829. The van der Waals surface area contributed by atoms with Crippen molar-refractivity contribution in [3.05, 3.63) is 16.0 Å². The van der Waals surface area contributed by atoms with Gasteiger partial charge in [-0.2, -0.15) is 0 Å². The molecule has 5 heteroatoms. The van der Waals surface area contributed by atoms with Gasteiger partial charge in [0, 0.05) is 22.0 Å². The summed E-state index contributed by atoms with van der Waals surface area (Å²) in [7, 11) is 0. The van der Waals surface area contributed by atoms with E-state index in [9.17, 15) is 0 Å². The van der Waals surface area contributed by atoms with Crippen molar-refractivity contribution in [3.63, 3.8) is 0 Å². The third-order valence-electron chi connectivity index (χ3n) is 2.42. The molecule has 1 unspecified atom stereocenters. The number of hydrogen-bond acceptors (Lipinski definition) is 4. The standard InChI is InChI=1S/C11H19IN4/c1-11(2,3)9(4-5-13)16-10-14-6-8(12)7-15-10/h6-7,9H,4-5,13H2,1-3H3,(H,14,15,16). The van der Waals surface area contributed by atoms with E-state index >= 15 is 0 Å². The normalized spacial score (nSPS) is 13.6. The summed E-state index contributed by atoms with van der Waals surface area (Å²) in [5, 5.41) is 3.34. The molecule has 0 saturated carbocycles. The first-order valence-electron chi connectivity index (χ1n) is 5.37. The molecule has 3 N–H and O–H groups in total. The van der Waals surface area contributed by atoms with Crippen LogP contribution < -0.4 is 11.1 Å². The van der Waals surface area contributed by atoms with Gasteiger partial charge in [0.15, 0.2) is 0 Å². The summed E-state index contributed by atoms with van der Waals surface area (Å²) >= 11 is 2.19. The maximum absolute atomic E-state index is 5.62. The molecule has 1 rings (SSSR count). The van der Waals surface area contributed by atoms with Crippen LogP contribution in [0.3, 0.4) is 0 Å². The zero-order valence-corrected chi connectivity index (χ0v) is 12.2. The van der Waals surface area contributed by atoms with Crippen LogP contribution in [0, 0.1) is 8.99 Å². The molecule has 16 heavy (non-hydrogen) atoms. The summed E-state index contributed by atoms with van der Waals surface area (Å²) in [6.07, 6.45) is 4.52. The van der Waals surface area contributed by atoms with Crippen LogP contribution in [0.5, 0.6) is 0 Å². The SMILES string of the molecule is CC(C)(C)C(CCN)Nc1ncc(I)cn1. The van der Waals surface area contributed by atoms with Gasteiger partial charge < -0.3 is 11.1 Å². The van der Waals surface area contributed by atoms with Gasteiger partial charge in [-0.1, -0.05) is 20.8 Å². The Morgan fingerprint density at radius 3 is 2.38 bits per heavy atom. The number of rotatable bonds is 4. The van der Waals surface area contributed by atoms with Crippen LogP contribution in [0.2, 0.25) is 0 Å². The summed E-state index contributed by atoms with van der Waals surface area (Å²) < 4.78 is 1.04. The maximum atomic E-state index is 5.62. The second-order valence-corrected chi connectivity index (χ2v) is 6.11. The minimum atomic E-state index is 0.145. The molecular weight excluding hydrogens is 315 g/mol. The number of halogens is 1. The molecule has 0 radical (unpaired) electrons. The van der Waals surface area contributed by atoms with E-state index in [1.807, 2.05) is 0 Å². The van der Waals surface area contributed by atoms with Crippen molar-refractivity contribution >= 4 is 28.5 Å². The third-order valence-corrected chi connectivity index (χ3v) is 2.98. The molecule has 0 aliphatic heterocycles. The first-order valence-corrected chi connectivity index (χ1v) is 6.45. The van der Waals surface area contributed by atoms with Crippen molar-refractivity contribution in [2.24, 2.45) is 11.1 Å². The van der Waals surface area contributed by atoms with Crippen LogP contribution in [-0.4, -0.2) is 22.6 Å². The van der Waals surface area contributed by atoms with Crippen molar-refractivity contribution in [3.8, 4) is 0 Å². The maximum Gasteiger partial charge on any atom is 0.222 e. The lowest BCUT2D eigenvalue weighted by Crippen LogP contribution is -2.36. The molecule has 0 aliphatic rings. The number of anilines is 1. The van der Waals surface area contributed by atoms with Gasteiger partial charge in [0.2, 0.25) is 5.95 Å². The average Bonchev–Trinajstić information content (AvgIpc) is 2.19. The molecule has 0 spiro atoms. The van der Waals surface area contributed by atoms with Gasteiger partial charge in [0.1, 0.15) is 0 Å². The fraction of sp³-hybridized carbons (Fsp3) is 0.636. The molecule has 1 atom stereocenters. The van der Waals surface area contributed by atoms with Crippen LogP contribution in [0.25, 0.3) is 0 Å². The molecule has 0 amide bonds. The molecule has 0 aromatic carbocycles. The highest BCUT2D eigenvalue weighted by Gasteiger charge is 2.24. The first-order chi connectivity index (χ1) is 7.43. The zero-order valence-electron chi connectivity index (χ0n) is 10.00. The van der Waals surface area contributed by atoms with Gasteiger partial charge in [0.05, 0.1) is 0 Å². The summed E-state index contributed by atoms with van der Waals surface area (Å²) in [6, 6.07) is 0.289. The zero-order chi connectivity index (χ0) is 12.2. The monoisotopic (exact) mass is 334 g/mol. The van der Waals surface area contributed by atoms with Crippen LogP contribution in [0.15, 0.2) is 12.4 Å². The summed E-state index contributed by atoms with van der Waals surface area (Å²) in [5.74, 6) is 0.675. The van der Waals surface area contributed by atoms with Crippen LogP contribution in [0.4, 0.5) is 5.95 Å². The Kier molecular flexibility index (Phi) is 4.91. The highest BCUT2D eigenvalue weighted by molar-refractivity contribution is 14.1. The van der Waals surface area contributed by atoms with Gasteiger partial charge in [0.25, 0.3) is 0 Å². The molecule has 90 valence electrons. The topological polar surface area (TPSA) is 63.8 Å². The molecule has 1 aromatic rings. The predicted octanol–water partition coefficient (Wildman–Crippen LogP) is 2.26. The number of aromatic nitrogens is 2. The minimum Gasteiger partial charge on any atom is -0.351 e. The lowest BCUT2D eigenvalue weighted by atomic mass is 9.85. The molecular formula is C11H19IN4. The molecule has 1 heterocycles. The van der Waals surface area contributed by atoms with Crippen LogP contribution in [-0.2, 0) is 0 Å². The van der Waals surface area contributed by atoms with E-state index in [0.29, 0.717) is 12.5 Å². The van der Waals surface area contributed by atoms with E-state index in [-0.39, 0.29) is 11.5 Å². The number of nitrogens with zero attached hydrogens (tertiary/aromatic N) is 2. The highest BCUT2D eigenvalue weighted by Crippen LogP contribution is 2.24. The van der Waals surface area contributed by atoms with Gasteiger partial charge in [-0.3, -0.25) is 0 Å². The Hall–Kier alpha value is -0.430. The summed E-state index contributed by atoms with van der Waals surface area (Å²) in [4.78, 5) is 8.49. The molecule has 0 aliphatic carbocycles. The van der Waals surface area contributed by atoms with E-state index in [0.717, 1.165) is 9.99 Å². The van der Waals surface area contributed by atoms with Crippen LogP contribution >= 0.6 is 22.6 Å². The fourth-order valence-corrected chi connectivity index (χ4v) is 1.71. The van der Waals surface area contributed by atoms with Crippen molar-refractivity contribution in [1.82, 2.24) is 9.97 Å². The van der Waals surface area contributed by atoms with Gasteiger partial charge in [-0.05, 0) is 41.0 Å². The predicted molar refractivity (Wildman–Crippen MR) is 75.3 cm³/mol. The molecule has 1 aromatic heterocycles. The van der Waals surface area contributed by atoms with Crippen molar-refractivity contribution in [2.45, 2.75) is 33.2 Å². The smallest absolute Gasteiger partial charge is 0.222 e.